The van der Waals surface area contributed by atoms with E-state index in [2.05, 4.69) is 67.1 Å². The highest BCUT2D eigenvalue weighted by molar-refractivity contribution is 6.50. The summed E-state index contributed by atoms with van der Waals surface area (Å²) >= 11 is 0. The van der Waals surface area contributed by atoms with Crippen LogP contribution in [0.1, 0.15) is 22.3 Å². The summed E-state index contributed by atoms with van der Waals surface area (Å²) in [6.07, 6.45) is 4.64. The first kappa shape index (κ1) is 16.4. The zero-order valence-electron chi connectivity index (χ0n) is 12.9. The molecule has 1 aromatic carbocycles. The molecular formula is C19H15BF4. The Labute approximate surface area is 138 Å². The Balaban J connectivity index is 0.000000300. The van der Waals surface area contributed by atoms with Crippen LogP contribution in [-0.4, -0.2) is 7.25 Å². The van der Waals surface area contributed by atoms with Crippen molar-refractivity contribution in [1.29, 1.82) is 0 Å². The summed E-state index contributed by atoms with van der Waals surface area (Å²) in [5.74, 6) is 0. The molecule has 0 fully saturated rings. The fourth-order valence-electron chi connectivity index (χ4n) is 3.08. The van der Waals surface area contributed by atoms with Crippen molar-refractivity contribution in [2.45, 2.75) is 12.8 Å². The number of benzene rings is 1. The van der Waals surface area contributed by atoms with Gasteiger partial charge >= 0.3 is 7.25 Å². The Morgan fingerprint density at radius 3 is 2.17 bits per heavy atom. The van der Waals surface area contributed by atoms with E-state index in [-0.39, 0.29) is 0 Å². The quantitative estimate of drug-likeness (QED) is 0.278. The molecule has 0 nitrogen and oxygen atoms in total. The van der Waals surface area contributed by atoms with E-state index in [0.29, 0.717) is 0 Å². The molecule has 4 rings (SSSR count). The third-order valence-corrected chi connectivity index (χ3v) is 4.06. The molecule has 0 N–H and O–H groups in total. The average Bonchev–Trinajstić information content (AvgIpc) is 2.69. The van der Waals surface area contributed by atoms with Crippen molar-refractivity contribution >= 4 is 7.25 Å². The van der Waals surface area contributed by atoms with E-state index in [4.69, 9.17) is 0 Å². The Hall–Kier alpha value is -2.43. The first-order valence-corrected chi connectivity index (χ1v) is 7.72. The van der Waals surface area contributed by atoms with Gasteiger partial charge in [0.25, 0.3) is 0 Å². The molecule has 0 amide bonds. The Morgan fingerprint density at radius 2 is 1.38 bits per heavy atom. The molecule has 24 heavy (non-hydrogen) atoms. The van der Waals surface area contributed by atoms with Crippen LogP contribution in [0, 0.1) is 6.42 Å². The van der Waals surface area contributed by atoms with E-state index < -0.39 is 7.25 Å². The Bertz CT molecular complexity index is 805. The zero-order valence-corrected chi connectivity index (χ0v) is 12.9. The van der Waals surface area contributed by atoms with Crippen molar-refractivity contribution in [3.63, 3.8) is 0 Å². The number of fused-ring (bicyclic) bond motifs is 4. The smallest absolute Gasteiger partial charge is 0.418 e. The van der Waals surface area contributed by atoms with Gasteiger partial charge in [0.05, 0.1) is 16.7 Å². The maximum Gasteiger partial charge on any atom is 0.673 e. The van der Waals surface area contributed by atoms with Crippen LogP contribution >= 0.6 is 0 Å². The second-order valence-corrected chi connectivity index (χ2v) is 5.70. The van der Waals surface area contributed by atoms with Crippen LogP contribution in [0.2, 0.25) is 0 Å². The van der Waals surface area contributed by atoms with Crippen molar-refractivity contribution in [1.82, 2.24) is 0 Å². The minimum atomic E-state index is -6.00. The van der Waals surface area contributed by atoms with E-state index in [9.17, 15) is 17.3 Å². The summed E-state index contributed by atoms with van der Waals surface area (Å²) in [7, 11) is -6.00. The van der Waals surface area contributed by atoms with Crippen LogP contribution in [-0.2, 0) is 12.8 Å². The number of hydrogen-bond donors (Lipinski definition) is 0. The monoisotopic (exact) mass is 330 g/mol. The van der Waals surface area contributed by atoms with Crippen LogP contribution in [0.4, 0.5) is 17.3 Å². The molecule has 0 bridgehead atoms. The summed E-state index contributed by atoms with van der Waals surface area (Å²) < 4.78 is 39.0. The number of halogens is 4. The van der Waals surface area contributed by atoms with Crippen LogP contribution in [0.3, 0.4) is 0 Å². The molecular weight excluding hydrogens is 315 g/mol. The van der Waals surface area contributed by atoms with E-state index in [1.807, 2.05) is 0 Å². The SMILES string of the molecule is F[B-](F)(F)F.c1ccc2cc3c(c-2cc1)[CH+]c1ccccc1CC3. The van der Waals surface area contributed by atoms with Crippen molar-refractivity contribution in [2.75, 3.05) is 0 Å². The van der Waals surface area contributed by atoms with Gasteiger partial charge in [-0.25, -0.2) is 0 Å². The van der Waals surface area contributed by atoms with E-state index in [0.717, 1.165) is 12.8 Å². The number of aryl methyl sites for hydroxylation is 2. The highest BCUT2D eigenvalue weighted by atomic mass is 19.5. The highest BCUT2D eigenvalue weighted by Crippen LogP contribution is 2.37. The molecule has 0 aliphatic heterocycles. The molecule has 0 saturated carbocycles. The summed E-state index contributed by atoms with van der Waals surface area (Å²) in [6.45, 7) is 0. The van der Waals surface area contributed by atoms with Crippen molar-refractivity contribution in [3.05, 3.63) is 89.3 Å². The molecule has 122 valence electrons. The number of rotatable bonds is 0. The van der Waals surface area contributed by atoms with Gasteiger partial charge in [-0.1, -0.05) is 18.2 Å². The summed E-state index contributed by atoms with van der Waals surface area (Å²) in [5, 5.41) is 0. The van der Waals surface area contributed by atoms with Gasteiger partial charge < -0.3 is 17.3 Å². The van der Waals surface area contributed by atoms with Crippen molar-refractivity contribution in [2.24, 2.45) is 0 Å². The molecule has 0 aromatic heterocycles. The Kier molecular flexibility index (Phi) is 4.52. The standard InChI is InChI=1S/C19H15.BF4/c1-2-8-16-12-17-11-10-14-6-4-5-7-15(14)13-19(17)18(16)9-3-1;2-1(3,4)5/h1-9,12-13H,10-11H2;/q+1;-1. The second kappa shape index (κ2) is 6.60. The van der Waals surface area contributed by atoms with Gasteiger partial charge in [0.15, 0.2) is 0 Å². The molecule has 3 aliphatic carbocycles. The van der Waals surface area contributed by atoms with Crippen molar-refractivity contribution < 1.29 is 17.3 Å². The maximum absolute atomic E-state index is 9.75. The van der Waals surface area contributed by atoms with Crippen LogP contribution < -0.4 is 0 Å². The summed E-state index contributed by atoms with van der Waals surface area (Å²) in [6, 6.07) is 21.9. The fraction of sp³-hybridized carbons (Fsp3) is 0.105. The topological polar surface area (TPSA) is 0 Å². The maximum atomic E-state index is 9.75. The molecule has 1 aromatic rings. The van der Waals surface area contributed by atoms with Crippen LogP contribution in [0.25, 0.3) is 11.1 Å². The summed E-state index contributed by atoms with van der Waals surface area (Å²) in [5.41, 5.74) is 8.46. The predicted octanol–water partition coefficient (Wildman–Crippen LogP) is 5.79. The summed E-state index contributed by atoms with van der Waals surface area (Å²) in [4.78, 5) is 0. The van der Waals surface area contributed by atoms with Crippen molar-refractivity contribution in [3.8, 4) is 11.1 Å². The van der Waals surface area contributed by atoms with Gasteiger partial charge in [-0.05, 0) is 36.4 Å². The first-order chi connectivity index (χ1) is 11.4. The molecule has 0 spiro atoms. The third kappa shape index (κ3) is 3.91. The largest absolute Gasteiger partial charge is 0.673 e. The molecule has 0 radical (unpaired) electrons. The van der Waals surface area contributed by atoms with Gasteiger partial charge in [0, 0.05) is 42.0 Å². The van der Waals surface area contributed by atoms with Gasteiger partial charge in [0.2, 0.25) is 0 Å². The lowest BCUT2D eigenvalue weighted by atomic mass is 9.99. The van der Waals surface area contributed by atoms with Gasteiger partial charge in [0.1, 0.15) is 0 Å². The van der Waals surface area contributed by atoms with E-state index >= 15 is 0 Å². The average molecular weight is 330 g/mol. The minimum Gasteiger partial charge on any atom is -0.418 e. The van der Waals surface area contributed by atoms with Crippen LogP contribution in [0.15, 0.2) is 60.7 Å². The van der Waals surface area contributed by atoms with Gasteiger partial charge in [-0.2, -0.15) is 0 Å². The third-order valence-electron chi connectivity index (χ3n) is 4.06. The predicted molar refractivity (Wildman–Crippen MR) is 89.6 cm³/mol. The normalized spacial score (nSPS) is 13.0. The lowest BCUT2D eigenvalue weighted by Crippen LogP contribution is -2.02. The molecule has 0 heterocycles. The zero-order chi connectivity index (χ0) is 17.2. The molecule has 0 atom stereocenters. The second-order valence-electron chi connectivity index (χ2n) is 5.70. The first-order valence-electron chi connectivity index (χ1n) is 7.72. The lowest BCUT2D eigenvalue weighted by Gasteiger charge is -1.99. The molecule has 5 heteroatoms. The van der Waals surface area contributed by atoms with Gasteiger partial charge in [-0.15, -0.1) is 0 Å². The minimum absolute atomic E-state index is 1.14. The fourth-order valence-corrected chi connectivity index (χ4v) is 3.08. The number of hydrogen-bond acceptors (Lipinski definition) is 0. The van der Waals surface area contributed by atoms with Gasteiger partial charge in [-0.3, -0.25) is 0 Å². The lowest BCUT2D eigenvalue weighted by molar-refractivity contribution is 0.368. The molecule has 3 aliphatic rings. The molecule has 0 unspecified atom stereocenters. The highest BCUT2D eigenvalue weighted by Gasteiger charge is 2.25. The van der Waals surface area contributed by atoms with Crippen LogP contribution in [0.5, 0.6) is 0 Å². The molecule has 0 saturated heterocycles. The Morgan fingerprint density at radius 1 is 0.750 bits per heavy atom. The van der Waals surface area contributed by atoms with E-state index in [1.165, 1.54) is 33.4 Å². The van der Waals surface area contributed by atoms with E-state index in [1.54, 1.807) is 0 Å².